The number of nitrogens with zero attached hydrogens (tertiary/aromatic N) is 1. The van der Waals surface area contributed by atoms with Gasteiger partial charge in [-0.25, -0.2) is 13.8 Å². The van der Waals surface area contributed by atoms with Gasteiger partial charge in [0.1, 0.15) is 5.82 Å². The van der Waals surface area contributed by atoms with Gasteiger partial charge >= 0.3 is 0 Å². The Balaban J connectivity index is 1.67. The fraction of sp³-hybridized carbons (Fsp3) is 0.294. The summed E-state index contributed by atoms with van der Waals surface area (Å²) in [5.41, 5.74) is 0.540. The SMILES string of the molecule is O=C(NCc1cccnc1Oc1ccc(F)cc1F)[C@@H]1C[C@@H](O)CN1. The molecule has 3 rings (SSSR count). The van der Waals surface area contributed by atoms with Crippen molar-refractivity contribution < 1.29 is 23.4 Å². The number of halogens is 2. The number of hydrogen-bond donors (Lipinski definition) is 3. The van der Waals surface area contributed by atoms with Gasteiger partial charge in [-0.1, -0.05) is 6.07 Å². The monoisotopic (exact) mass is 349 g/mol. The highest BCUT2D eigenvalue weighted by Crippen LogP contribution is 2.26. The highest BCUT2D eigenvalue weighted by Gasteiger charge is 2.27. The molecule has 1 aromatic heterocycles. The van der Waals surface area contributed by atoms with Crippen LogP contribution in [-0.2, 0) is 11.3 Å². The first-order chi connectivity index (χ1) is 12.0. The summed E-state index contributed by atoms with van der Waals surface area (Å²) in [5.74, 6) is -1.84. The molecule has 2 aromatic rings. The number of aromatic nitrogens is 1. The van der Waals surface area contributed by atoms with Crippen LogP contribution in [0.1, 0.15) is 12.0 Å². The zero-order valence-electron chi connectivity index (χ0n) is 13.2. The molecule has 0 radical (unpaired) electrons. The molecular formula is C17H17F2N3O3. The van der Waals surface area contributed by atoms with Crippen molar-refractivity contribution in [3.63, 3.8) is 0 Å². The summed E-state index contributed by atoms with van der Waals surface area (Å²) in [6, 6.07) is 5.86. The number of rotatable bonds is 5. The Morgan fingerprint density at radius 1 is 1.40 bits per heavy atom. The lowest BCUT2D eigenvalue weighted by Crippen LogP contribution is -2.40. The van der Waals surface area contributed by atoms with Crippen LogP contribution in [0.5, 0.6) is 11.6 Å². The van der Waals surface area contributed by atoms with Gasteiger partial charge in [0, 0.05) is 30.9 Å². The zero-order valence-corrected chi connectivity index (χ0v) is 13.2. The maximum Gasteiger partial charge on any atom is 0.237 e. The molecular weight excluding hydrogens is 332 g/mol. The number of β-amino-alcohol motifs (C(OH)–C–C–N with tert-alkyl or cyclic N) is 1. The largest absolute Gasteiger partial charge is 0.436 e. The molecule has 1 saturated heterocycles. The number of aliphatic hydroxyl groups excluding tert-OH is 1. The molecule has 25 heavy (non-hydrogen) atoms. The molecule has 1 aliphatic rings. The topological polar surface area (TPSA) is 83.5 Å². The van der Waals surface area contributed by atoms with E-state index in [0.29, 0.717) is 18.5 Å². The average molecular weight is 349 g/mol. The summed E-state index contributed by atoms with van der Waals surface area (Å²) >= 11 is 0. The Morgan fingerprint density at radius 2 is 2.24 bits per heavy atom. The van der Waals surface area contributed by atoms with Crippen molar-refractivity contribution >= 4 is 5.91 Å². The molecule has 2 heterocycles. The van der Waals surface area contributed by atoms with Crippen LogP contribution in [-0.4, -0.2) is 34.7 Å². The highest BCUT2D eigenvalue weighted by atomic mass is 19.1. The number of amides is 1. The van der Waals surface area contributed by atoms with E-state index in [-0.39, 0.29) is 24.1 Å². The number of hydrogen-bond acceptors (Lipinski definition) is 5. The lowest BCUT2D eigenvalue weighted by Gasteiger charge is -2.13. The molecule has 0 spiro atoms. The Labute approximate surface area is 142 Å². The maximum atomic E-state index is 13.7. The lowest BCUT2D eigenvalue weighted by atomic mass is 10.2. The van der Waals surface area contributed by atoms with Crippen molar-refractivity contribution in [3.8, 4) is 11.6 Å². The van der Waals surface area contributed by atoms with Gasteiger partial charge in [0.15, 0.2) is 11.6 Å². The third-order valence-electron chi connectivity index (χ3n) is 3.83. The average Bonchev–Trinajstić information content (AvgIpc) is 3.03. The molecule has 6 nitrogen and oxygen atoms in total. The summed E-state index contributed by atoms with van der Waals surface area (Å²) in [6.07, 6.45) is 1.29. The van der Waals surface area contributed by atoms with Crippen molar-refractivity contribution in [3.05, 3.63) is 53.7 Å². The second kappa shape index (κ2) is 7.54. The smallest absolute Gasteiger partial charge is 0.237 e. The molecule has 0 bridgehead atoms. The van der Waals surface area contributed by atoms with E-state index in [0.717, 1.165) is 12.1 Å². The molecule has 1 fully saturated rings. The Morgan fingerprint density at radius 3 is 2.96 bits per heavy atom. The lowest BCUT2D eigenvalue weighted by molar-refractivity contribution is -0.123. The second-order valence-corrected chi connectivity index (χ2v) is 5.71. The van der Waals surface area contributed by atoms with Crippen molar-refractivity contribution in [2.24, 2.45) is 0 Å². The van der Waals surface area contributed by atoms with Gasteiger partial charge in [0.05, 0.1) is 12.1 Å². The summed E-state index contributed by atoms with van der Waals surface area (Å²) in [5, 5.41) is 15.1. The van der Waals surface area contributed by atoms with E-state index < -0.39 is 23.8 Å². The van der Waals surface area contributed by atoms with Crippen LogP contribution < -0.4 is 15.4 Å². The van der Waals surface area contributed by atoms with E-state index in [9.17, 15) is 18.7 Å². The van der Waals surface area contributed by atoms with E-state index in [4.69, 9.17) is 4.74 Å². The van der Waals surface area contributed by atoms with Gasteiger partial charge in [-0.15, -0.1) is 0 Å². The van der Waals surface area contributed by atoms with Crippen LogP contribution >= 0.6 is 0 Å². The van der Waals surface area contributed by atoms with Crippen molar-refractivity contribution in [2.45, 2.75) is 25.1 Å². The number of carbonyl (C=O) groups excluding carboxylic acids is 1. The summed E-state index contributed by atoms with van der Waals surface area (Å²) < 4.78 is 32.1. The minimum atomic E-state index is -0.843. The Hall–Kier alpha value is -2.58. The molecule has 0 saturated carbocycles. The second-order valence-electron chi connectivity index (χ2n) is 5.71. The Kier molecular flexibility index (Phi) is 5.20. The number of carbonyl (C=O) groups is 1. The van der Waals surface area contributed by atoms with Crippen LogP contribution in [0.4, 0.5) is 8.78 Å². The maximum absolute atomic E-state index is 13.7. The van der Waals surface area contributed by atoms with E-state index in [1.54, 1.807) is 12.1 Å². The van der Waals surface area contributed by atoms with Crippen molar-refractivity contribution in [2.75, 3.05) is 6.54 Å². The minimum absolute atomic E-state index is 0.118. The fourth-order valence-electron chi connectivity index (χ4n) is 2.54. The molecule has 132 valence electrons. The predicted octanol–water partition coefficient (Wildman–Crippen LogP) is 1.49. The van der Waals surface area contributed by atoms with Gasteiger partial charge in [-0.3, -0.25) is 4.79 Å². The van der Waals surface area contributed by atoms with Crippen LogP contribution in [0.15, 0.2) is 36.5 Å². The van der Waals surface area contributed by atoms with Crippen LogP contribution in [0.25, 0.3) is 0 Å². The van der Waals surface area contributed by atoms with E-state index in [1.165, 1.54) is 12.3 Å². The molecule has 1 amide bonds. The number of aliphatic hydroxyl groups is 1. The van der Waals surface area contributed by atoms with Gasteiger partial charge in [-0.05, 0) is 24.6 Å². The Bertz CT molecular complexity index is 773. The summed E-state index contributed by atoms with van der Waals surface area (Å²) in [6.45, 7) is 0.502. The van der Waals surface area contributed by atoms with Gasteiger partial charge < -0.3 is 20.5 Å². The van der Waals surface area contributed by atoms with Crippen LogP contribution in [0, 0.1) is 11.6 Å². The fourth-order valence-corrected chi connectivity index (χ4v) is 2.54. The summed E-state index contributed by atoms with van der Waals surface area (Å²) in [7, 11) is 0. The molecule has 1 aliphatic heterocycles. The third-order valence-corrected chi connectivity index (χ3v) is 3.83. The first-order valence-electron chi connectivity index (χ1n) is 7.79. The minimum Gasteiger partial charge on any atom is -0.436 e. The van der Waals surface area contributed by atoms with Crippen molar-refractivity contribution in [1.29, 1.82) is 0 Å². The van der Waals surface area contributed by atoms with E-state index in [2.05, 4.69) is 15.6 Å². The molecule has 2 atom stereocenters. The van der Waals surface area contributed by atoms with Crippen molar-refractivity contribution in [1.82, 2.24) is 15.6 Å². The van der Waals surface area contributed by atoms with E-state index in [1.807, 2.05) is 0 Å². The van der Waals surface area contributed by atoms with E-state index >= 15 is 0 Å². The summed E-state index contributed by atoms with van der Waals surface area (Å²) in [4.78, 5) is 16.1. The van der Waals surface area contributed by atoms with Crippen LogP contribution in [0.2, 0.25) is 0 Å². The number of nitrogens with one attached hydrogen (secondary N) is 2. The standard InChI is InChI=1S/C17H17F2N3O3/c18-11-3-4-15(13(19)6-11)25-17-10(2-1-5-20-17)8-22-16(24)14-7-12(23)9-21-14/h1-6,12,14,21,23H,7-9H2,(H,22,24)/t12-,14+/m1/s1. The quantitative estimate of drug-likeness (QED) is 0.762. The zero-order chi connectivity index (χ0) is 17.8. The molecule has 1 aromatic carbocycles. The first kappa shape index (κ1) is 17.2. The number of benzene rings is 1. The molecule has 0 unspecified atom stereocenters. The normalized spacial score (nSPS) is 19.6. The van der Waals surface area contributed by atoms with Gasteiger partial charge in [0.25, 0.3) is 0 Å². The molecule has 3 N–H and O–H groups in total. The third kappa shape index (κ3) is 4.28. The van der Waals surface area contributed by atoms with Crippen LogP contribution in [0.3, 0.4) is 0 Å². The van der Waals surface area contributed by atoms with Gasteiger partial charge in [-0.2, -0.15) is 0 Å². The van der Waals surface area contributed by atoms with Gasteiger partial charge in [0.2, 0.25) is 11.8 Å². The first-order valence-corrected chi connectivity index (χ1v) is 7.79. The molecule has 8 heteroatoms. The highest BCUT2D eigenvalue weighted by molar-refractivity contribution is 5.82. The molecule has 0 aliphatic carbocycles. The predicted molar refractivity (Wildman–Crippen MR) is 84.9 cm³/mol. The number of pyridine rings is 1. The number of ether oxygens (including phenoxy) is 1.